The molecule has 1 unspecified atom stereocenters. The molecule has 3 aromatic carbocycles. The highest BCUT2D eigenvalue weighted by atomic mass is 16.2. The van der Waals surface area contributed by atoms with E-state index in [2.05, 4.69) is 0 Å². The molecule has 0 bridgehead atoms. The quantitative estimate of drug-likeness (QED) is 0.711. The first kappa shape index (κ1) is 17.3. The first-order valence-corrected chi connectivity index (χ1v) is 9.20. The molecule has 1 saturated heterocycles. The van der Waals surface area contributed by atoms with E-state index in [-0.39, 0.29) is 24.2 Å². The normalized spacial score (nSPS) is 16.7. The third-order valence-corrected chi connectivity index (χ3v) is 5.17. The number of amides is 2. The summed E-state index contributed by atoms with van der Waals surface area (Å²) in [5.74, 6) is -0.266. The van der Waals surface area contributed by atoms with E-state index in [0.29, 0.717) is 13.1 Å². The van der Waals surface area contributed by atoms with Crippen LogP contribution in [0.15, 0.2) is 72.8 Å². The smallest absolute Gasteiger partial charge is 0.228 e. The summed E-state index contributed by atoms with van der Waals surface area (Å²) in [6, 6.07) is 23.9. The number of nitrogens with zero attached hydrogens (tertiary/aromatic N) is 2. The van der Waals surface area contributed by atoms with Crippen molar-refractivity contribution >= 4 is 28.3 Å². The van der Waals surface area contributed by atoms with Crippen molar-refractivity contribution in [3.63, 3.8) is 0 Å². The highest BCUT2D eigenvalue weighted by Gasteiger charge is 2.36. The molecule has 0 spiro atoms. The monoisotopic (exact) mass is 358 g/mol. The number of rotatable bonds is 4. The first-order valence-electron chi connectivity index (χ1n) is 9.20. The van der Waals surface area contributed by atoms with Crippen LogP contribution >= 0.6 is 0 Å². The maximum absolute atomic E-state index is 12.9. The van der Waals surface area contributed by atoms with E-state index >= 15 is 0 Å². The van der Waals surface area contributed by atoms with Crippen LogP contribution in [-0.4, -0.2) is 30.3 Å². The van der Waals surface area contributed by atoms with Gasteiger partial charge in [0.2, 0.25) is 11.8 Å². The molecule has 4 nitrogen and oxygen atoms in total. The Hall–Kier alpha value is -3.14. The SMILES string of the molecule is CN(Cc1ccccc1)C(=O)C1CC(=O)N(c2cccc3ccccc23)C1. The van der Waals surface area contributed by atoms with E-state index in [0.717, 1.165) is 22.0 Å². The predicted molar refractivity (Wildman–Crippen MR) is 107 cm³/mol. The molecule has 136 valence electrons. The van der Waals surface area contributed by atoms with Crippen LogP contribution in [0.25, 0.3) is 10.8 Å². The van der Waals surface area contributed by atoms with Gasteiger partial charge in [0.05, 0.1) is 11.6 Å². The largest absolute Gasteiger partial charge is 0.341 e. The van der Waals surface area contributed by atoms with Crippen LogP contribution in [0.2, 0.25) is 0 Å². The fourth-order valence-electron chi connectivity index (χ4n) is 3.80. The molecule has 0 saturated carbocycles. The second-order valence-electron chi connectivity index (χ2n) is 7.08. The molecule has 3 aromatic rings. The molecule has 4 rings (SSSR count). The topological polar surface area (TPSA) is 40.6 Å². The lowest BCUT2D eigenvalue weighted by Gasteiger charge is -2.22. The van der Waals surface area contributed by atoms with E-state index < -0.39 is 0 Å². The van der Waals surface area contributed by atoms with Gasteiger partial charge in [0.25, 0.3) is 0 Å². The van der Waals surface area contributed by atoms with Gasteiger partial charge in [-0.05, 0) is 17.0 Å². The van der Waals surface area contributed by atoms with Crippen molar-refractivity contribution in [1.29, 1.82) is 0 Å². The lowest BCUT2D eigenvalue weighted by molar-refractivity contribution is -0.135. The van der Waals surface area contributed by atoms with Crippen LogP contribution in [0.3, 0.4) is 0 Å². The van der Waals surface area contributed by atoms with Gasteiger partial charge in [0, 0.05) is 31.9 Å². The Labute approximate surface area is 159 Å². The van der Waals surface area contributed by atoms with Crippen molar-refractivity contribution in [3.05, 3.63) is 78.4 Å². The first-order chi connectivity index (χ1) is 13.1. The lowest BCUT2D eigenvalue weighted by atomic mass is 10.1. The number of carbonyl (C=O) groups excluding carboxylic acids is 2. The summed E-state index contributed by atoms with van der Waals surface area (Å²) < 4.78 is 0. The van der Waals surface area contributed by atoms with Crippen molar-refractivity contribution in [2.24, 2.45) is 5.92 Å². The van der Waals surface area contributed by atoms with Crippen LogP contribution in [-0.2, 0) is 16.1 Å². The van der Waals surface area contributed by atoms with Crippen LogP contribution in [0, 0.1) is 5.92 Å². The summed E-state index contributed by atoms with van der Waals surface area (Å²) >= 11 is 0. The van der Waals surface area contributed by atoms with Gasteiger partial charge in [-0.2, -0.15) is 0 Å². The molecule has 0 aliphatic carbocycles. The standard InChI is InChI=1S/C23H22N2O2/c1-24(15-17-8-3-2-4-9-17)23(27)19-14-22(26)25(16-19)21-13-7-11-18-10-5-6-12-20(18)21/h2-13,19H,14-16H2,1H3. The van der Waals surface area contributed by atoms with Crippen molar-refractivity contribution in [3.8, 4) is 0 Å². The van der Waals surface area contributed by atoms with Gasteiger partial charge in [0.1, 0.15) is 0 Å². The van der Waals surface area contributed by atoms with Gasteiger partial charge < -0.3 is 9.80 Å². The number of benzene rings is 3. The molecule has 1 atom stereocenters. The zero-order valence-corrected chi connectivity index (χ0v) is 15.3. The average molecular weight is 358 g/mol. The van der Waals surface area contributed by atoms with E-state index in [1.165, 1.54) is 0 Å². The highest BCUT2D eigenvalue weighted by Crippen LogP contribution is 2.32. The number of carbonyl (C=O) groups is 2. The fraction of sp³-hybridized carbons (Fsp3) is 0.217. The Balaban J connectivity index is 1.52. The minimum atomic E-state index is -0.301. The molecule has 0 aromatic heterocycles. The summed E-state index contributed by atoms with van der Waals surface area (Å²) in [5, 5.41) is 2.14. The van der Waals surface area contributed by atoms with E-state index in [1.807, 2.05) is 72.8 Å². The summed E-state index contributed by atoms with van der Waals surface area (Å²) in [7, 11) is 1.81. The second kappa shape index (κ2) is 7.23. The summed E-state index contributed by atoms with van der Waals surface area (Å²) in [5.41, 5.74) is 1.97. The molecule has 1 aliphatic heterocycles. The van der Waals surface area contributed by atoms with Crippen LogP contribution < -0.4 is 4.90 Å². The third kappa shape index (κ3) is 3.43. The van der Waals surface area contributed by atoms with Crippen LogP contribution in [0.1, 0.15) is 12.0 Å². The van der Waals surface area contributed by atoms with Gasteiger partial charge in [-0.1, -0.05) is 66.7 Å². The Kier molecular flexibility index (Phi) is 4.63. The van der Waals surface area contributed by atoms with E-state index in [9.17, 15) is 9.59 Å². The molecule has 4 heteroatoms. The van der Waals surface area contributed by atoms with Crippen molar-refractivity contribution in [2.75, 3.05) is 18.5 Å². The minimum Gasteiger partial charge on any atom is -0.341 e. The molecule has 27 heavy (non-hydrogen) atoms. The van der Waals surface area contributed by atoms with Gasteiger partial charge >= 0.3 is 0 Å². The van der Waals surface area contributed by atoms with Crippen molar-refractivity contribution in [2.45, 2.75) is 13.0 Å². The number of fused-ring (bicyclic) bond motifs is 1. The third-order valence-electron chi connectivity index (χ3n) is 5.17. The predicted octanol–water partition coefficient (Wildman–Crippen LogP) is 3.85. The summed E-state index contributed by atoms with van der Waals surface area (Å²) in [6.07, 6.45) is 0.265. The molecular formula is C23H22N2O2. The van der Waals surface area contributed by atoms with Gasteiger partial charge in [-0.15, -0.1) is 0 Å². The highest BCUT2D eigenvalue weighted by molar-refractivity contribution is 6.06. The Morgan fingerprint density at radius 3 is 2.52 bits per heavy atom. The maximum Gasteiger partial charge on any atom is 0.228 e. The lowest BCUT2D eigenvalue weighted by Crippen LogP contribution is -2.34. The second-order valence-corrected chi connectivity index (χ2v) is 7.08. The number of hydrogen-bond donors (Lipinski definition) is 0. The summed E-state index contributed by atoms with van der Waals surface area (Å²) in [6.45, 7) is 0.990. The molecule has 1 aliphatic rings. The molecular weight excluding hydrogens is 336 g/mol. The van der Waals surface area contributed by atoms with Crippen LogP contribution in [0.5, 0.6) is 0 Å². The zero-order valence-electron chi connectivity index (χ0n) is 15.3. The molecule has 0 radical (unpaired) electrons. The fourth-order valence-corrected chi connectivity index (χ4v) is 3.80. The zero-order chi connectivity index (χ0) is 18.8. The average Bonchev–Trinajstić information content (AvgIpc) is 3.09. The Morgan fingerprint density at radius 2 is 1.70 bits per heavy atom. The summed E-state index contributed by atoms with van der Waals surface area (Å²) in [4.78, 5) is 29.0. The number of anilines is 1. The van der Waals surface area contributed by atoms with E-state index in [1.54, 1.807) is 16.8 Å². The Morgan fingerprint density at radius 1 is 1.00 bits per heavy atom. The maximum atomic E-state index is 12.9. The van der Waals surface area contributed by atoms with E-state index in [4.69, 9.17) is 0 Å². The number of hydrogen-bond acceptors (Lipinski definition) is 2. The Bertz CT molecular complexity index is 979. The van der Waals surface area contributed by atoms with Crippen molar-refractivity contribution in [1.82, 2.24) is 4.90 Å². The molecule has 2 amide bonds. The van der Waals surface area contributed by atoms with Gasteiger partial charge in [0.15, 0.2) is 0 Å². The molecule has 0 N–H and O–H groups in total. The molecule has 1 heterocycles. The van der Waals surface area contributed by atoms with Crippen LogP contribution in [0.4, 0.5) is 5.69 Å². The van der Waals surface area contributed by atoms with Crippen molar-refractivity contribution < 1.29 is 9.59 Å². The van der Waals surface area contributed by atoms with Gasteiger partial charge in [-0.25, -0.2) is 0 Å². The molecule has 1 fully saturated rings. The minimum absolute atomic E-state index is 0.0119. The van der Waals surface area contributed by atoms with Gasteiger partial charge in [-0.3, -0.25) is 9.59 Å².